The first kappa shape index (κ1) is 54.3. The Morgan fingerprint density at radius 2 is 1.57 bits per heavy atom. The summed E-state index contributed by atoms with van der Waals surface area (Å²) in [5.41, 5.74) is 0. The first-order valence-electron chi connectivity index (χ1n) is 22.1. The van der Waals surface area contributed by atoms with Crippen molar-refractivity contribution in [2.24, 2.45) is 11.8 Å². The molecule has 11 atom stereocenters. The van der Waals surface area contributed by atoms with E-state index >= 15 is 0 Å². The molecule has 0 radical (unpaired) electrons. The number of esters is 2. The molecular weight excluding hydrogens is 811 g/mol. The van der Waals surface area contributed by atoms with Gasteiger partial charge in [-0.25, -0.2) is 4.57 Å². The second kappa shape index (κ2) is 31.1. The van der Waals surface area contributed by atoms with Crippen molar-refractivity contribution < 1.29 is 73.0 Å². The van der Waals surface area contributed by atoms with E-state index in [1.165, 1.54) is 18.2 Å². The average Bonchev–Trinajstić information content (AvgIpc) is 3.23. The normalized spacial score (nSPS) is 31.8. The van der Waals surface area contributed by atoms with E-state index in [4.69, 9.17) is 18.5 Å². The number of fused-ring (bicyclic) bond motifs is 4. The van der Waals surface area contributed by atoms with Crippen LogP contribution in [0.3, 0.4) is 0 Å². The van der Waals surface area contributed by atoms with Gasteiger partial charge in [0, 0.05) is 18.8 Å². The second-order valence-corrected chi connectivity index (χ2v) is 17.3. The highest BCUT2D eigenvalue weighted by Gasteiger charge is 2.47. The van der Waals surface area contributed by atoms with Gasteiger partial charge in [0.25, 0.3) is 0 Å². The minimum Gasteiger partial charge on any atom is -0.462 e. The van der Waals surface area contributed by atoms with Gasteiger partial charge in [0.1, 0.15) is 31.0 Å². The molecule has 15 nitrogen and oxygen atoms in total. The van der Waals surface area contributed by atoms with Crippen molar-refractivity contribution in [1.82, 2.24) is 0 Å². The molecule has 0 aromatic heterocycles. The van der Waals surface area contributed by atoms with E-state index in [1.54, 1.807) is 12.2 Å². The van der Waals surface area contributed by atoms with E-state index in [-0.39, 0.29) is 19.3 Å². The van der Waals surface area contributed by atoms with E-state index in [1.807, 2.05) is 6.92 Å². The fourth-order valence-corrected chi connectivity index (χ4v) is 7.79. The standard InChI is InChI=1S/C45H73O15P/c1-3-5-7-8-9-10-11-12-13-14-15-16-21-25-38(48)57-31-35-32-58-61(55,56)60-45-43(53)41(51)36(29-28-34(46)24-19-6-4-2)37(47)30-27-33(40(50)42(52)44(45)54)23-20-17-18-22-26-39(49)59-35/h7-8,10-11,17,20,27-30,33-36,40-46,50-54H,3-6,9,12-16,18-19,21-26,31-32H2,1-2H3,(H,55,56)/b8-7-,11-10-,20-17-,29-28+,30-27-/t33-,34-,35+,36-,40+,41+,42-,43+,44+,45+/m0/s1. The molecule has 2 rings (SSSR count). The largest absolute Gasteiger partial charge is 0.472 e. The molecule has 0 saturated carbocycles. The highest BCUT2D eigenvalue weighted by Crippen LogP contribution is 2.47. The number of unbranched alkanes of at least 4 members (excludes halogenated alkanes) is 8. The van der Waals surface area contributed by atoms with Crippen LogP contribution in [0.5, 0.6) is 0 Å². The summed E-state index contributed by atoms with van der Waals surface area (Å²) in [6, 6.07) is 0. The van der Waals surface area contributed by atoms with Gasteiger partial charge in [-0.15, -0.1) is 0 Å². The molecule has 2 aliphatic rings. The molecular formula is C45H73O15P. The highest BCUT2D eigenvalue weighted by molar-refractivity contribution is 7.47. The van der Waals surface area contributed by atoms with Crippen LogP contribution in [-0.2, 0) is 37.5 Å². The number of allylic oxidation sites excluding steroid dienone is 7. The van der Waals surface area contributed by atoms with Gasteiger partial charge in [-0.05, 0) is 63.9 Å². The number of carbonyl (C=O) groups is 3. The molecule has 0 saturated heterocycles. The maximum Gasteiger partial charge on any atom is 0.472 e. The number of phosphoric ester groups is 1. The number of ether oxygens (including phenoxy) is 2. The quantitative estimate of drug-likeness (QED) is 0.0332. The number of cyclic esters (lactones) is 1. The van der Waals surface area contributed by atoms with Crippen LogP contribution in [0.1, 0.15) is 129 Å². The lowest BCUT2D eigenvalue weighted by Crippen LogP contribution is -2.55. The number of carbonyl (C=O) groups excluding carboxylic acids is 3. The van der Waals surface area contributed by atoms with E-state index in [2.05, 4.69) is 31.2 Å². The summed E-state index contributed by atoms with van der Waals surface area (Å²) in [4.78, 5) is 49.8. The molecule has 1 aliphatic carbocycles. The Labute approximate surface area is 361 Å². The zero-order valence-corrected chi connectivity index (χ0v) is 36.9. The number of phosphoric acid groups is 1. The Bertz CT molecular complexity index is 1460. The van der Waals surface area contributed by atoms with Crippen molar-refractivity contribution in [1.29, 1.82) is 0 Å². The molecule has 1 unspecified atom stereocenters. The van der Waals surface area contributed by atoms with Crippen LogP contribution in [0, 0.1) is 11.8 Å². The Kier molecular flexibility index (Phi) is 27.7. The SMILES string of the molecule is CCC/C=C\C/C=C\CCCCCCCC(=O)OC[C@@H]1COP(=O)(O)O[C@H]2[C@H](O)[C@@H](O)[C@H](O)[C@H](/C=C\C(=O)[C@H](/C=C/[C@@H](O)CCCCC)[C@@H](O)[C@H]2O)C/C=C\CCCC(=O)O1. The van der Waals surface area contributed by atoms with Crippen LogP contribution < -0.4 is 0 Å². The predicted molar refractivity (Wildman–Crippen MR) is 230 cm³/mol. The smallest absolute Gasteiger partial charge is 0.462 e. The van der Waals surface area contributed by atoms with Gasteiger partial charge in [0.15, 0.2) is 11.9 Å². The third-order valence-corrected chi connectivity index (χ3v) is 11.5. The zero-order valence-electron chi connectivity index (χ0n) is 36.0. The Morgan fingerprint density at radius 1 is 0.869 bits per heavy atom. The van der Waals surface area contributed by atoms with E-state index in [9.17, 15) is 54.5 Å². The first-order valence-corrected chi connectivity index (χ1v) is 23.6. The summed E-state index contributed by atoms with van der Waals surface area (Å²) in [7, 11) is -5.41. The third kappa shape index (κ3) is 22.4. The van der Waals surface area contributed by atoms with Crippen molar-refractivity contribution in [2.75, 3.05) is 13.2 Å². The summed E-state index contributed by atoms with van der Waals surface area (Å²) in [6.07, 6.45) is 13.4. The van der Waals surface area contributed by atoms with Crippen LogP contribution in [0.4, 0.5) is 0 Å². The number of ketones is 1. The molecule has 61 heavy (non-hydrogen) atoms. The molecule has 7 N–H and O–H groups in total. The minimum absolute atomic E-state index is 0.0244. The number of hydrogen-bond acceptors (Lipinski definition) is 14. The van der Waals surface area contributed by atoms with Crippen LogP contribution in [0.25, 0.3) is 0 Å². The van der Waals surface area contributed by atoms with Crippen LogP contribution >= 0.6 is 7.82 Å². The predicted octanol–water partition coefficient (Wildman–Crippen LogP) is 5.78. The van der Waals surface area contributed by atoms with Gasteiger partial charge in [0.05, 0.1) is 30.8 Å². The Morgan fingerprint density at radius 3 is 2.31 bits per heavy atom. The lowest BCUT2D eigenvalue weighted by Gasteiger charge is -2.36. The number of aliphatic hydroxyl groups is 6. The van der Waals surface area contributed by atoms with Crippen molar-refractivity contribution in [3.05, 3.63) is 60.8 Å². The van der Waals surface area contributed by atoms with Gasteiger partial charge in [-0.3, -0.25) is 23.4 Å². The molecule has 1 aliphatic heterocycles. The molecule has 348 valence electrons. The number of aliphatic hydroxyl groups excluding tert-OH is 6. The summed E-state index contributed by atoms with van der Waals surface area (Å²) < 4.78 is 34.5. The topological polar surface area (TPSA) is 247 Å². The third-order valence-electron chi connectivity index (χ3n) is 10.6. The highest BCUT2D eigenvalue weighted by atomic mass is 31.2. The molecule has 0 spiro atoms. The van der Waals surface area contributed by atoms with Gasteiger partial charge in [-0.1, -0.05) is 113 Å². The Hall–Kier alpha value is -2.82. The molecule has 0 aromatic carbocycles. The van der Waals surface area contributed by atoms with Gasteiger partial charge in [-0.2, -0.15) is 0 Å². The van der Waals surface area contributed by atoms with E-state index < -0.39 is 99.4 Å². The van der Waals surface area contributed by atoms with Crippen molar-refractivity contribution >= 4 is 25.5 Å². The van der Waals surface area contributed by atoms with Gasteiger partial charge >= 0.3 is 19.8 Å². The maximum atomic E-state index is 13.5. The van der Waals surface area contributed by atoms with Crippen molar-refractivity contribution in [2.45, 2.75) is 178 Å². The van der Waals surface area contributed by atoms with Crippen LogP contribution in [0.2, 0.25) is 0 Å². The molecule has 1 heterocycles. The molecule has 0 amide bonds. The summed E-state index contributed by atoms with van der Waals surface area (Å²) in [6.45, 7) is 2.76. The molecule has 0 fully saturated rings. The first-order chi connectivity index (χ1) is 29.2. The lowest BCUT2D eigenvalue weighted by molar-refractivity contribution is -0.164. The van der Waals surface area contributed by atoms with Crippen molar-refractivity contribution in [3.8, 4) is 0 Å². The van der Waals surface area contributed by atoms with E-state index in [0.717, 1.165) is 70.3 Å². The lowest BCUT2D eigenvalue weighted by atomic mass is 9.87. The second-order valence-electron chi connectivity index (χ2n) is 15.9. The molecule has 2 bridgehead atoms. The van der Waals surface area contributed by atoms with E-state index in [0.29, 0.717) is 32.1 Å². The number of rotatable bonds is 20. The van der Waals surface area contributed by atoms with Gasteiger partial charge in [0.2, 0.25) is 0 Å². The maximum absolute atomic E-state index is 13.5. The Balaban J connectivity index is 2.20. The molecule has 0 aromatic rings. The molecule has 16 heteroatoms. The fourth-order valence-electron chi connectivity index (χ4n) is 6.82. The van der Waals surface area contributed by atoms with Crippen LogP contribution in [0.15, 0.2) is 60.8 Å². The number of hydrogen-bond donors (Lipinski definition) is 7. The van der Waals surface area contributed by atoms with Gasteiger partial charge < -0.3 is 45.0 Å². The summed E-state index contributed by atoms with van der Waals surface area (Å²) in [5, 5.41) is 66.8. The minimum atomic E-state index is -5.41. The van der Waals surface area contributed by atoms with Crippen LogP contribution in [-0.4, -0.2) is 115 Å². The average molecular weight is 885 g/mol. The summed E-state index contributed by atoms with van der Waals surface area (Å²) >= 11 is 0. The van der Waals surface area contributed by atoms with Crippen molar-refractivity contribution in [3.63, 3.8) is 0 Å². The monoisotopic (exact) mass is 884 g/mol. The zero-order chi connectivity index (χ0) is 45.0. The summed E-state index contributed by atoms with van der Waals surface area (Å²) in [5.74, 6) is -4.65. The fraction of sp³-hybridized carbons (Fsp3) is 0.711.